The van der Waals surface area contributed by atoms with Crippen LogP contribution in [0.1, 0.15) is 49.3 Å². The molecule has 0 unspecified atom stereocenters. The van der Waals surface area contributed by atoms with Gasteiger partial charge in [-0.15, -0.1) is 0 Å². The van der Waals surface area contributed by atoms with Crippen molar-refractivity contribution in [2.45, 2.75) is 45.1 Å². The van der Waals surface area contributed by atoms with Gasteiger partial charge in [0.15, 0.2) is 0 Å². The third-order valence-corrected chi connectivity index (χ3v) is 7.36. The number of piperidine rings is 1. The minimum Gasteiger partial charge on any atom is -0.462 e. The Hall–Kier alpha value is -2.41. The van der Waals surface area contributed by atoms with Gasteiger partial charge in [0, 0.05) is 42.1 Å². The van der Waals surface area contributed by atoms with Crippen molar-refractivity contribution in [3.05, 3.63) is 80.3 Å². The molecule has 1 N–H and O–H groups in total. The van der Waals surface area contributed by atoms with E-state index in [1.54, 1.807) is 0 Å². The second kappa shape index (κ2) is 12.7. The van der Waals surface area contributed by atoms with Crippen molar-refractivity contribution in [1.29, 1.82) is 0 Å². The Morgan fingerprint density at radius 1 is 1.14 bits per heavy atom. The second-order valence-corrected chi connectivity index (χ2v) is 10.7. The van der Waals surface area contributed by atoms with Crippen LogP contribution in [0.3, 0.4) is 0 Å². The van der Waals surface area contributed by atoms with Gasteiger partial charge in [-0.1, -0.05) is 64.8 Å². The molecule has 1 heterocycles. The van der Waals surface area contributed by atoms with E-state index in [-0.39, 0.29) is 18.0 Å². The van der Waals surface area contributed by atoms with Gasteiger partial charge in [0.1, 0.15) is 6.10 Å². The van der Waals surface area contributed by atoms with E-state index < -0.39 is 0 Å². The zero-order chi connectivity index (χ0) is 25.5. The summed E-state index contributed by atoms with van der Waals surface area (Å²) < 4.78 is 6.55. The smallest absolute Gasteiger partial charge is 0.306 e. The fraction of sp³-hybridized carbons (Fsp3) is 0.379. The minimum absolute atomic E-state index is 0.0179. The minimum atomic E-state index is -0.0960. The maximum absolute atomic E-state index is 13.3. The zero-order valence-corrected chi connectivity index (χ0v) is 22.9. The number of carbonyl (C=O) groups excluding carboxylic acids is 2. The summed E-state index contributed by atoms with van der Waals surface area (Å²) in [7, 11) is 0. The molecule has 4 rings (SSSR count). The van der Waals surface area contributed by atoms with Crippen molar-refractivity contribution in [1.82, 2.24) is 10.2 Å². The van der Waals surface area contributed by atoms with Crippen LogP contribution in [0.25, 0.3) is 11.6 Å². The van der Waals surface area contributed by atoms with Crippen LogP contribution in [0, 0.1) is 0 Å². The van der Waals surface area contributed by atoms with Gasteiger partial charge in [-0.25, -0.2) is 0 Å². The van der Waals surface area contributed by atoms with E-state index in [1.165, 1.54) is 0 Å². The highest BCUT2D eigenvalue weighted by Crippen LogP contribution is 2.35. The standard InChI is InChI=1S/C29H32BrClN2O3/c1-2-3-27(34)36-25-12-15-33(16-13-25)17-14-32-29(35)28-21(7-4-20-5-9-24(31)10-6-20)18-22-19-23(30)8-11-26(22)28/h4-11,19,25H,2-3,12-18H2,1H3,(H,32,35)/b7-4+. The average Bonchev–Trinajstić information content (AvgIpc) is 3.22. The molecule has 2 aromatic rings. The Morgan fingerprint density at radius 3 is 2.61 bits per heavy atom. The van der Waals surface area contributed by atoms with E-state index in [1.807, 2.05) is 55.5 Å². The Balaban J connectivity index is 1.36. The number of rotatable bonds is 9. The topological polar surface area (TPSA) is 58.6 Å². The summed E-state index contributed by atoms with van der Waals surface area (Å²) in [5, 5.41) is 3.84. The number of nitrogens with one attached hydrogen (secondary N) is 1. The molecule has 0 bridgehead atoms. The summed E-state index contributed by atoms with van der Waals surface area (Å²) in [5.41, 5.74) is 4.91. The molecule has 1 amide bonds. The molecule has 36 heavy (non-hydrogen) atoms. The first-order chi connectivity index (χ1) is 17.4. The van der Waals surface area contributed by atoms with Crippen molar-refractivity contribution in [2.75, 3.05) is 26.2 Å². The lowest BCUT2D eigenvalue weighted by Crippen LogP contribution is -2.42. The number of allylic oxidation sites excluding steroid dienone is 2. The number of carbonyl (C=O) groups is 2. The Morgan fingerprint density at radius 2 is 1.89 bits per heavy atom. The van der Waals surface area contributed by atoms with Gasteiger partial charge >= 0.3 is 5.97 Å². The lowest BCUT2D eigenvalue weighted by Gasteiger charge is -2.31. The monoisotopic (exact) mass is 570 g/mol. The predicted octanol–water partition coefficient (Wildman–Crippen LogP) is 6.05. The fourth-order valence-electron chi connectivity index (χ4n) is 4.72. The number of hydrogen-bond acceptors (Lipinski definition) is 4. The highest BCUT2D eigenvalue weighted by atomic mass is 79.9. The molecular weight excluding hydrogens is 540 g/mol. The lowest BCUT2D eigenvalue weighted by molar-refractivity contribution is -0.151. The van der Waals surface area contributed by atoms with Crippen LogP contribution in [0.15, 0.2) is 58.6 Å². The maximum atomic E-state index is 13.3. The molecule has 1 saturated heterocycles. The summed E-state index contributed by atoms with van der Waals surface area (Å²) in [6.07, 6.45) is 7.78. The SMILES string of the molecule is CCCC(=O)OC1CCN(CCNC(=O)C2=C(/C=C/c3ccc(Cl)cc3)Cc3cc(Br)ccc32)CC1. The quantitative estimate of drug-likeness (QED) is 0.372. The maximum Gasteiger partial charge on any atom is 0.306 e. The third kappa shape index (κ3) is 7.09. The molecule has 1 fully saturated rings. The average molecular weight is 572 g/mol. The summed E-state index contributed by atoms with van der Waals surface area (Å²) in [4.78, 5) is 27.4. The molecule has 1 aliphatic carbocycles. The first-order valence-corrected chi connectivity index (χ1v) is 13.8. The number of amides is 1. The van der Waals surface area contributed by atoms with Gasteiger partial charge in [0.2, 0.25) is 0 Å². The highest BCUT2D eigenvalue weighted by Gasteiger charge is 2.26. The van der Waals surface area contributed by atoms with Crippen molar-refractivity contribution in [3.8, 4) is 0 Å². The van der Waals surface area contributed by atoms with Crippen molar-refractivity contribution in [2.24, 2.45) is 0 Å². The fourth-order valence-corrected chi connectivity index (χ4v) is 5.25. The van der Waals surface area contributed by atoms with E-state index in [9.17, 15) is 9.59 Å². The molecule has 1 aliphatic heterocycles. The Kier molecular flexibility index (Phi) is 9.41. The number of esters is 1. The summed E-state index contributed by atoms with van der Waals surface area (Å²) >= 11 is 9.56. The first kappa shape index (κ1) is 26.6. The molecule has 5 nitrogen and oxygen atoms in total. The van der Waals surface area contributed by atoms with Crippen LogP contribution < -0.4 is 5.32 Å². The third-order valence-electron chi connectivity index (χ3n) is 6.61. The van der Waals surface area contributed by atoms with Crippen LogP contribution >= 0.6 is 27.5 Å². The molecular formula is C29H32BrClN2O3. The van der Waals surface area contributed by atoms with Gasteiger partial charge < -0.3 is 15.0 Å². The van der Waals surface area contributed by atoms with Gasteiger partial charge in [0.25, 0.3) is 5.91 Å². The Bertz CT molecular complexity index is 1150. The first-order valence-electron chi connectivity index (χ1n) is 12.6. The second-order valence-electron chi connectivity index (χ2n) is 9.30. The van der Waals surface area contributed by atoms with Crippen molar-refractivity contribution in [3.63, 3.8) is 0 Å². The molecule has 0 atom stereocenters. The number of fused-ring (bicyclic) bond motifs is 1. The number of nitrogens with zero attached hydrogens (tertiary/aromatic N) is 1. The van der Waals surface area contributed by atoms with E-state index in [2.05, 4.69) is 32.2 Å². The highest BCUT2D eigenvalue weighted by molar-refractivity contribution is 9.10. The largest absolute Gasteiger partial charge is 0.462 e. The van der Waals surface area contributed by atoms with Crippen molar-refractivity contribution < 1.29 is 14.3 Å². The summed E-state index contributed by atoms with van der Waals surface area (Å²) in [6, 6.07) is 13.7. The van der Waals surface area contributed by atoms with Gasteiger partial charge in [-0.3, -0.25) is 9.59 Å². The Labute approximate surface area is 226 Å². The van der Waals surface area contributed by atoms with Crippen LogP contribution in [-0.2, 0) is 20.7 Å². The number of halogens is 2. The molecule has 190 valence electrons. The number of hydrogen-bond donors (Lipinski definition) is 1. The van der Waals surface area contributed by atoms with Crippen LogP contribution in [0.5, 0.6) is 0 Å². The summed E-state index contributed by atoms with van der Waals surface area (Å²) in [6.45, 7) is 5.07. The van der Waals surface area contributed by atoms with Crippen LogP contribution in [0.4, 0.5) is 0 Å². The van der Waals surface area contributed by atoms with Crippen LogP contribution in [-0.4, -0.2) is 49.1 Å². The molecule has 0 spiro atoms. The van der Waals surface area contributed by atoms with Gasteiger partial charge in [-0.05, 0) is 72.2 Å². The van der Waals surface area contributed by atoms with Gasteiger partial charge in [-0.2, -0.15) is 0 Å². The summed E-state index contributed by atoms with van der Waals surface area (Å²) in [5.74, 6) is -0.142. The zero-order valence-electron chi connectivity index (χ0n) is 20.6. The van der Waals surface area contributed by atoms with E-state index in [0.29, 0.717) is 24.4 Å². The molecule has 0 saturated carbocycles. The normalized spacial score (nSPS) is 16.4. The van der Waals surface area contributed by atoms with E-state index >= 15 is 0 Å². The molecule has 2 aromatic carbocycles. The van der Waals surface area contributed by atoms with E-state index in [0.717, 1.165) is 71.2 Å². The van der Waals surface area contributed by atoms with Crippen molar-refractivity contribution >= 4 is 51.1 Å². The molecule has 2 aliphatic rings. The predicted molar refractivity (Wildman–Crippen MR) is 149 cm³/mol. The molecule has 0 radical (unpaired) electrons. The van der Waals surface area contributed by atoms with E-state index in [4.69, 9.17) is 16.3 Å². The number of benzene rings is 2. The van der Waals surface area contributed by atoms with Gasteiger partial charge in [0.05, 0.1) is 5.57 Å². The number of ether oxygens (including phenoxy) is 1. The van der Waals surface area contributed by atoms with Crippen LogP contribution in [0.2, 0.25) is 5.02 Å². The lowest BCUT2D eigenvalue weighted by atomic mass is 10.0. The number of likely N-dealkylation sites (tertiary alicyclic amines) is 1. The molecule has 7 heteroatoms. The molecule has 0 aromatic heterocycles.